The number of carbonyl (C=O) groups is 1. The van der Waals surface area contributed by atoms with Gasteiger partial charge in [0.1, 0.15) is 5.82 Å². The zero-order valence-corrected chi connectivity index (χ0v) is 16.4. The van der Waals surface area contributed by atoms with Crippen LogP contribution in [0.25, 0.3) is 0 Å². The standard InChI is InChI=1S/C20H23Cl2N3O/c1-14-7-10-25(11-8-14)19-5-3-16(13-24-19)20(26)23-9-6-15-2-4-17(21)12-18(15)22/h2-5,12-14H,6-11H2,1H3,(H,23,26). The molecule has 0 saturated carbocycles. The molecule has 1 amide bonds. The lowest BCUT2D eigenvalue weighted by molar-refractivity contribution is 0.0954. The van der Waals surface area contributed by atoms with E-state index in [1.807, 2.05) is 18.2 Å². The SMILES string of the molecule is CC1CCN(c2ccc(C(=O)NCCc3ccc(Cl)cc3Cl)cn2)CC1. The predicted molar refractivity (Wildman–Crippen MR) is 107 cm³/mol. The number of halogens is 2. The number of hydrogen-bond acceptors (Lipinski definition) is 3. The van der Waals surface area contributed by atoms with E-state index in [0.717, 1.165) is 30.4 Å². The quantitative estimate of drug-likeness (QED) is 0.809. The molecule has 0 aliphatic carbocycles. The van der Waals surface area contributed by atoms with Crippen LogP contribution in [0.15, 0.2) is 36.5 Å². The molecule has 1 aliphatic rings. The van der Waals surface area contributed by atoms with Gasteiger partial charge < -0.3 is 10.2 Å². The number of hydrogen-bond donors (Lipinski definition) is 1. The van der Waals surface area contributed by atoms with Gasteiger partial charge in [0.05, 0.1) is 5.56 Å². The van der Waals surface area contributed by atoms with E-state index in [9.17, 15) is 4.79 Å². The number of nitrogens with zero attached hydrogens (tertiary/aromatic N) is 2. The van der Waals surface area contributed by atoms with Crippen molar-refractivity contribution in [1.82, 2.24) is 10.3 Å². The molecule has 0 radical (unpaired) electrons. The highest BCUT2D eigenvalue weighted by atomic mass is 35.5. The summed E-state index contributed by atoms with van der Waals surface area (Å²) in [6.45, 7) is 4.85. The van der Waals surface area contributed by atoms with Crippen molar-refractivity contribution in [2.24, 2.45) is 5.92 Å². The van der Waals surface area contributed by atoms with E-state index in [1.54, 1.807) is 18.3 Å². The maximum atomic E-state index is 12.3. The van der Waals surface area contributed by atoms with Gasteiger partial charge in [-0.3, -0.25) is 4.79 Å². The molecule has 0 atom stereocenters. The van der Waals surface area contributed by atoms with Gasteiger partial charge in [0.2, 0.25) is 0 Å². The minimum absolute atomic E-state index is 0.124. The Morgan fingerprint density at radius 1 is 1.23 bits per heavy atom. The third-order valence-electron chi connectivity index (χ3n) is 4.81. The summed E-state index contributed by atoms with van der Waals surface area (Å²) in [6.07, 6.45) is 4.69. The molecule has 26 heavy (non-hydrogen) atoms. The number of anilines is 1. The minimum Gasteiger partial charge on any atom is -0.357 e. The van der Waals surface area contributed by atoms with Crippen molar-refractivity contribution in [2.45, 2.75) is 26.2 Å². The smallest absolute Gasteiger partial charge is 0.252 e. The Morgan fingerprint density at radius 3 is 2.65 bits per heavy atom. The molecule has 4 nitrogen and oxygen atoms in total. The third kappa shape index (κ3) is 4.89. The zero-order valence-electron chi connectivity index (χ0n) is 14.8. The average molecular weight is 392 g/mol. The summed E-state index contributed by atoms with van der Waals surface area (Å²) in [6, 6.07) is 9.16. The summed E-state index contributed by atoms with van der Waals surface area (Å²) in [5.74, 6) is 1.60. The van der Waals surface area contributed by atoms with Crippen LogP contribution in [0.4, 0.5) is 5.82 Å². The molecule has 0 spiro atoms. The number of aromatic nitrogens is 1. The molecule has 1 aliphatic heterocycles. The van der Waals surface area contributed by atoms with Crippen molar-refractivity contribution in [3.63, 3.8) is 0 Å². The van der Waals surface area contributed by atoms with Gasteiger partial charge in [0, 0.05) is 35.9 Å². The van der Waals surface area contributed by atoms with Crippen LogP contribution in [0, 0.1) is 5.92 Å². The van der Waals surface area contributed by atoms with Crippen LogP contribution in [-0.2, 0) is 6.42 Å². The number of benzene rings is 1. The molecule has 0 bridgehead atoms. The highest BCUT2D eigenvalue weighted by Crippen LogP contribution is 2.22. The summed E-state index contributed by atoms with van der Waals surface area (Å²) in [7, 11) is 0. The van der Waals surface area contributed by atoms with Crippen molar-refractivity contribution in [2.75, 3.05) is 24.5 Å². The van der Waals surface area contributed by atoms with E-state index in [1.165, 1.54) is 12.8 Å². The van der Waals surface area contributed by atoms with Crippen LogP contribution in [0.1, 0.15) is 35.7 Å². The molecular formula is C20H23Cl2N3O. The lowest BCUT2D eigenvalue weighted by atomic mass is 9.99. The monoisotopic (exact) mass is 391 g/mol. The van der Waals surface area contributed by atoms with Crippen molar-refractivity contribution in [1.29, 1.82) is 0 Å². The van der Waals surface area contributed by atoms with Crippen molar-refractivity contribution >= 4 is 34.9 Å². The van der Waals surface area contributed by atoms with Gasteiger partial charge in [-0.15, -0.1) is 0 Å². The first-order chi connectivity index (χ1) is 12.5. The number of carbonyl (C=O) groups excluding carboxylic acids is 1. The topological polar surface area (TPSA) is 45.2 Å². The number of nitrogens with one attached hydrogen (secondary N) is 1. The number of pyridine rings is 1. The third-order valence-corrected chi connectivity index (χ3v) is 5.40. The number of piperidine rings is 1. The molecule has 2 aromatic rings. The summed E-state index contributed by atoms with van der Waals surface area (Å²) < 4.78 is 0. The van der Waals surface area contributed by atoms with Crippen molar-refractivity contribution in [3.8, 4) is 0 Å². The Bertz CT molecular complexity index is 756. The lowest BCUT2D eigenvalue weighted by Crippen LogP contribution is -2.33. The van der Waals surface area contributed by atoms with Gasteiger partial charge >= 0.3 is 0 Å². The highest BCUT2D eigenvalue weighted by molar-refractivity contribution is 6.35. The Morgan fingerprint density at radius 2 is 2.00 bits per heavy atom. The number of rotatable bonds is 5. The second-order valence-electron chi connectivity index (χ2n) is 6.82. The Kier molecular flexibility index (Phi) is 6.38. The Hall–Kier alpha value is -1.78. The van der Waals surface area contributed by atoms with Gasteiger partial charge in [-0.05, 0) is 55.0 Å². The molecule has 1 saturated heterocycles. The molecular weight excluding hydrogens is 369 g/mol. The second-order valence-corrected chi connectivity index (χ2v) is 7.66. The maximum absolute atomic E-state index is 12.3. The molecule has 3 rings (SSSR count). The molecule has 2 heterocycles. The summed E-state index contributed by atoms with van der Waals surface area (Å²) in [4.78, 5) is 19.0. The van der Waals surface area contributed by atoms with Gasteiger partial charge in [-0.1, -0.05) is 36.2 Å². The van der Waals surface area contributed by atoms with Crippen LogP contribution >= 0.6 is 23.2 Å². The number of amides is 1. The van der Waals surface area contributed by atoms with E-state index in [4.69, 9.17) is 23.2 Å². The van der Waals surface area contributed by atoms with E-state index < -0.39 is 0 Å². The Balaban J connectivity index is 1.51. The van der Waals surface area contributed by atoms with Crippen LogP contribution < -0.4 is 10.2 Å². The highest BCUT2D eigenvalue weighted by Gasteiger charge is 2.17. The molecule has 1 N–H and O–H groups in total. The molecule has 1 fully saturated rings. The van der Waals surface area contributed by atoms with Gasteiger partial charge in [-0.25, -0.2) is 4.98 Å². The first-order valence-corrected chi connectivity index (χ1v) is 9.71. The molecule has 0 unspecified atom stereocenters. The van der Waals surface area contributed by atoms with Crippen LogP contribution in [0.5, 0.6) is 0 Å². The first-order valence-electron chi connectivity index (χ1n) is 8.96. The first kappa shape index (κ1) is 19.0. The van der Waals surface area contributed by atoms with E-state index in [0.29, 0.717) is 28.6 Å². The maximum Gasteiger partial charge on any atom is 0.252 e. The van der Waals surface area contributed by atoms with Gasteiger partial charge in [-0.2, -0.15) is 0 Å². The minimum atomic E-state index is -0.124. The largest absolute Gasteiger partial charge is 0.357 e. The predicted octanol–water partition coefficient (Wildman–Crippen LogP) is 4.60. The Labute approximate surface area is 164 Å². The normalized spacial score (nSPS) is 15.1. The van der Waals surface area contributed by atoms with Gasteiger partial charge in [0.15, 0.2) is 0 Å². The van der Waals surface area contributed by atoms with Crippen LogP contribution in [-0.4, -0.2) is 30.5 Å². The average Bonchev–Trinajstić information content (AvgIpc) is 2.64. The summed E-state index contributed by atoms with van der Waals surface area (Å²) in [5, 5.41) is 4.14. The fourth-order valence-corrected chi connectivity index (χ4v) is 3.59. The molecule has 1 aromatic carbocycles. The van der Waals surface area contributed by atoms with Crippen LogP contribution in [0.2, 0.25) is 10.0 Å². The fourth-order valence-electron chi connectivity index (χ4n) is 3.08. The molecule has 6 heteroatoms. The summed E-state index contributed by atoms with van der Waals surface area (Å²) >= 11 is 12.0. The van der Waals surface area contributed by atoms with Crippen molar-refractivity contribution in [3.05, 3.63) is 57.7 Å². The fraction of sp³-hybridized carbons (Fsp3) is 0.400. The zero-order chi connectivity index (χ0) is 18.5. The van der Waals surface area contributed by atoms with Gasteiger partial charge in [0.25, 0.3) is 5.91 Å². The van der Waals surface area contributed by atoms with Crippen molar-refractivity contribution < 1.29 is 4.79 Å². The van der Waals surface area contributed by atoms with Crippen LogP contribution in [0.3, 0.4) is 0 Å². The van der Waals surface area contributed by atoms with E-state index in [-0.39, 0.29) is 5.91 Å². The second kappa shape index (κ2) is 8.74. The summed E-state index contributed by atoms with van der Waals surface area (Å²) in [5.41, 5.74) is 1.53. The molecule has 138 valence electrons. The van der Waals surface area contributed by atoms with E-state index >= 15 is 0 Å². The molecule has 1 aromatic heterocycles. The lowest BCUT2D eigenvalue weighted by Gasteiger charge is -2.31. The van der Waals surface area contributed by atoms with E-state index in [2.05, 4.69) is 22.1 Å².